The van der Waals surface area contributed by atoms with E-state index in [4.69, 9.17) is 9.26 Å². The van der Waals surface area contributed by atoms with Crippen LogP contribution in [0.15, 0.2) is 28.8 Å². The molecular weight excluding hydrogens is 256 g/mol. The van der Waals surface area contributed by atoms with E-state index in [1.165, 1.54) is 0 Å². The number of rotatable bonds is 6. The Kier molecular flexibility index (Phi) is 4.74. The van der Waals surface area contributed by atoms with Crippen molar-refractivity contribution in [2.45, 2.75) is 45.8 Å². The van der Waals surface area contributed by atoms with Gasteiger partial charge in [0.2, 0.25) is 0 Å². The summed E-state index contributed by atoms with van der Waals surface area (Å²) in [5.74, 6) is 2.10. The Bertz CT molecular complexity index is 534. The average Bonchev–Trinajstić information content (AvgIpc) is 2.94. The minimum absolute atomic E-state index is 0.238. The third-order valence-corrected chi connectivity index (χ3v) is 3.01. The van der Waals surface area contributed by atoms with Crippen molar-refractivity contribution in [1.29, 1.82) is 0 Å². The molecule has 5 nitrogen and oxygen atoms in total. The molecule has 0 aliphatic rings. The van der Waals surface area contributed by atoms with Crippen LogP contribution in [0.5, 0.6) is 5.75 Å². The maximum atomic E-state index is 9.71. The molecule has 108 valence electrons. The van der Waals surface area contributed by atoms with E-state index in [-0.39, 0.29) is 12.5 Å². The van der Waals surface area contributed by atoms with Crippen molar-refractivity contribution in [3.05, 3.63) is 41.5 Å². The highest BCUT2D eigenvalue weighted by Gasteiger charge is 2.10. The lowest BCUT2D eigenvalue weighted by Gasteiger charge is -2.09. The van der Waals surface area contributed by atoms with E-state index in [1.807, 2.05) is 45.0 Å². The largest absolute Gasteiger partial charge is 0.484 e. The fourth-order valence-electron chi connectivity index (χ4n) is 1.73. The van der Waals surface area contributed by atoms with Gasteiger partial charge in [0.1, 0.15) is 5.75 Å². The van der Waals surface area contributed by atoms with Crippen molar-refractivity contribution >= 4 is 0 Å². The molecule has 0 bridgehead atoms. The molecule has 1 N–H and O–H groups in total. The van der Waals surface area contributed by atoms with E-state index >= 15 is 0 Å². The van der Waals surface area contributed by atoms with Crippen LogP contribution in [0.1, 0.15) is 56.5 Å². The molecule has 0 amide bonds. The van der Waals surface area contributed by atoms with Gasteiger partial charge in [-0.1, -0.05) is 38.1 Å². The minimum Gasteiger partial charge on any atom is -0.484 e. The highest BCUT2D eigenvalue weighted by atomic mass is 16.5. The standard InChI is InChI=1S/C15H20N2O3/c1-4-13(18)11-5-7-12(8-6-11)19-9-14-16-15(10(2)3)17-20-14/h5-8,10,13,18H,4,9H2,1-3H3/t13-/m1/s1. The molecule has 0 saturated carbocycles. The zero-order chi connectivity index (χ0) is 14.5. The lowest BCUT2D eigenvalue weighted by molar-refractivity contribution is 0.173. The van der Waals surface area contributed by atoms with Crippen LogP contribution in [-0.4, -0.2) is 15.2 Å². The number of ether oxygens (including phenoxy) is 1. The van der Waals surface area contributed by atoms with Gasteiger partial charge in [0.15, 0.2) is 12.4 Å². The molecule has 0 aliphatic heterocycles. The third-order valence-electron chi connectivity index (χ3n) is 3.01. The first-order chi connectivity index (χ1) is 9.60. The van der Waals surface area contributed by atoms with E-state index in [1.54, 1.807) is 0 Å². The van der Waals surface area contributed by atoms with Gasteiger partial charge in [-0.3, -0.25) is 0 Å². The van der Waals surface area contributed by atoms with E-state index in [0.29, 0.717) is 23.9 Å². The Morgan fingerprint density at radius 2 is 1.95 bits per heavy atom. The number of hydrogen-bond donors (Lipinski definition) is 1. The second-order valence-corrected chi connectivity index (χ2v) is 4.98. The Morgan fingerprint density at radius 1 is 1.25 bits per heavy atom. The van der Waals surface area contributed by atoms with E-state index in [9.17, 15) is 5.11 Å². The molecule has 0 aliphatic carbocycles. The molecule has 20 heavy (non-hydrogen) atoms. The predicted octanol–water partition coefficient (Wildman–Crippen LogP) is 3.22. The number of aliphatic hydroxyl groups is 1. The zero-order valence-electron chi connectivity index (χ0n) is 12.0. The summed E-state index contributed by atoms with van der Waals surface area (Å²) < 4.78 is 10.7. The zero-order valence-corrected chi connectivity index (χ0v) is 12.0. The van der Waals surface area contributed by atoms with Gasteiger partial charge in [0, 0.05) is 5.92 Å². The van der Waals surface area contributed by atoms with Gasteiger partial charge in [-0.2, -0.15) is 4.98 Å². The molecule has 1 atom stereocenters. The van der Waals surface area contributed by atoms with Crippen LogP contribution in [0.2, 0.25) is 0 Å². The van der Waals surface area contributed by atoms with Gasteiger partial charge in [-0.05, 0) is 24.1 Å². The van der Waals surface area contributed by atoms with Crippen molar-refractivity contribution in [1.82, 2.24) is 10.1 Å². The SMILES string of the molecule is CC[C@@H](O)c1ccc(OCc2nc(C(C)C)no2)cc1. The van der Waals surface area contributed by atoms with Crippen LogP contribution >= 0.6 is 0 Å². The summed E-state index contributed by atoms with van der Waals surface area (Å²) in [6, 6.07) is 7.37. The molecule has 5 heteroatoms. The number of hydrogen-bond acceptors (Lipinski definition) is 5. The maximum absolute atomic E-state index is 9.71. The van der Waals surface area contributed by atoms with Crippen molar-refractivity contribution in [3.63, 3.8) is 0 Å². The summed E-state index contributed by atoms with van der Waals surface area (Å²) in [6.07, 6.45) is 0.272. The number of benzene rings is 1. The molecule has 1 heterocycles. The summed E-state index contributed by atoms with van der Waals surface area (Å²) in [7, 11) is 0. The van der Waals surface area contributed by atoms with Gasteiger partial charge in [0.05, 0.1) is 6.10 Å². The topological polar surface area (TPSA) is 68.4 Å². The normalized spacial score (nSPS) is 12.7. The lowest BCUT2D eigenvalue weighted by atomic mass is 10.1. The molecule has 2 aromatic rings. The molecule has 0 spiro atoms. The highest BCUT2D eigenvalue weighted by Crippen LogP contribution is 2.20. The highest BCUT2D eigenvalue weighted by molar-refractivity contribution is 5.28. The average molecular weight is 276 g/mol. The van der Waals surface area contributed by atoms with Gasteiger partial charge < -0.3 is 14.4 Å². The van der Waals surface area contributed by atoms with Gasteiger partial charge in [0.25, 0.3) is 5.89 Å². The second kappa shape index (κ2) is 6.52. The van der Waals surface area contributed by atoms with Crippen molar-refractivity contribution in [3.8, 4) is 5.75 Å². The first-order valence-electron chi connectivity index (χ1n) is 6.83. The summed E-state index contributed by atoms with van der Waals surface area (Å²) >= 11 is 0. The van der Waals surface area contributed by atoms with Crippen molar-refractivity contribution in [2.24, 2.45) is 0 Å². The summed E-state index contributed by atoms with van der Waals surface area (Å²) in [6.45, 7) is 6.20. The van der Waals surface area contributed by atoms with Gasteiger partial charge in [-0.25, -0.2) is 0 Å². The molecule has 0 saturated heterocycles. The maximum Gasteiger partial charge on any atom is 0.264 e. The Labute approximate surface area is 118 Å². The fourth-order valence-corrected chi connectivity index (χ4v) is 1.73. The second-order valence-electron chi connectivity index (χ2n) is 4.98. The Hall–Kier alpha value is -1.88. The fraction of sp³-hybridized carbons (Fsp3) is 0.467. The van der Waals surface area contributed by atoms with Crippen LogP contribution < -0.4 is 4.74 Å². The van der Waals surface area contributed by atoms with Crippen LogP contribution in [0.25, 0.3) is 0 Å². The number of aromatic nitrogens is 2. The molecular formula is C15H20N2O3. The number of aliphatic hydroxyl groups excluding tert-OH is 1. The molecule has 1 aromatic carbocycles. The molecule has 2 rings (SSSR count). The van der Waals surface area contributed by atoms with Crippen LogP contribution in [-0.2, 0) is 6.61 Å². The van der Waals surface area contributed by atoms with Crippen LogP contribution in [0.3, 0.4) is 0 Å². The number of nitrogens with zero attached hydrogens (tertiary/aromatic N) is 2. The van der Waals surface area contributed by atoms with Gasteiger partial charge >= 0.3 is 0 Å². The third kappa shape index (κ3) is 3.57. The van der Waals surface area contributed by atoms with E-state index < -0.39 is 6.10 Å². The Morgan fingerprint density at radius 3 is 2.50 bits per heavy atom. The van der Waals surface area contributed by atoms with E-state index in [2.05, 4.69) is 10.1 Å². The monoisotopic (exact) mass is 276 g/mol. The summed E-state index contributed by atoms with van der Waals surface area (Å²) in [4.78, 5) is 4.24. The first-order valence-corrected chi connectivity index (χ1v) is 6.83. The van der Waals surface area contributed by atoms with Crippen molar-refractivity contribution in [2.75, 3.05) is 0 Å². The summed E-state index contributed by atoms with van der Waals surface area (Å²) in [5, 5.41) is 13.6. The summed E-state index contributed by atoms with van der Waals surface area (Å²) in [5.41, 5.74) is 0.889. The predicted molar refractivity (Wildman–Crippen MR) is 74.4 cm³/mol. The van der Waals surface area contributed by atoms with Crippen molar-refractivity contribution < 1.29 is 14.4 Å². The van der Waals surface area contributed by atoms with Crippen LogP contribution in [0, 0.1) is 0 Å². The molecule has 0 unspecified atom stereocenters. The first kappa shape index (κ1) is 14.5. The van der Waals surface area contributed by atoms with E-state index in [0.717, 1.165) is 5.56 Å². The van der Waals surface area contributed by atoms with Crippen LogP contribution in [0.4, 0.5) is 0 Å². The van der Waals surface area contributed by atoms with Gasteiger partial charge in [-0.15, -0.1) is 0 Å². The molecule has 0 radical (unpaired) electrons. The lowest BCUT2D eigenvalue weighted by Crippen LogP contribution is -1.98. The molecule has 0 fully saturated rings. The molecule has 1 aromatic heterocycles. The smallest absolute Gasteiger partial charge is 0.264 e. The Balaban J connectivity index is 1.93. The quantitative estimate of drug-likeness (QED) is 0.877. The minimum atomic E-state index is -0.423.